The van der Waals surface area contributed by atoms with Crippen LogP contribution < -0.4 is 30.6 Å². The predicted molar refractivity (Wildman–Crippen MR) is 323 cm³/mol. The van der Waals surface area contributed by atoms with Crippen LogP contribution in [0.25, 0.3) is 61.5 Å². The second kappa shape index (κ2) is 24.2. The number of anilines is 4. The molecule has 0 atom stereocenters. The molecule has 19 nitrogen and oxygen atoms in total. The van der Waals surface area contributed by atoms with Crippen LogP contribution in [0.1, 0.15) is 11.1 Å². The summed E-state index contributed by atoms with van der Waals surface area (Å²) in [5, 5.41) is 36.7. The molecule has 7 N–H and O–H groups in total. The van der Waals surface area contributed by atoms with Crippen molar-refractivity contribution in [2.24, 2.45) is 5.14 Å². The third-order valence-electron chi connectivity index (χ3n) is 13.4. The van der Waals surface area contributed by atoms with Gasteiger partial charge in [-0.15, -0.1) is 0 Å². The first-order valence-corrected chi connectivity index (χ1v) is 27.8. The van der Waals surface area contributed by atoms with E-state index in [1.54, 1.807) is 106 Å². The Morgan fingerprint density at radius 3 is 1.58 bits per heavy atom. The number of rotatable bonds is 14. The van der Waals surface area contributed by atoms with Crippen molar-refractivity contribution in [3.05, 3.63) is 229 Å². The smallest absolute Gasteiger partial charge is 0.238 e. The summed E-state index contributed by atoms with van der Waals surface area (Å²) in [6.07, 6.45) is 15.9. The van der Waals surface area contributed by atoms with Gasteiger partial charge in [-0.3, -0.25) is 13.2 Å². The summed E-state index contributed by atoms with van der Waals surface area (Å²) in [5.74, 6) is 3.40. The summed E-state index contributed by atoms with van der Waals surface area (Å²) in [4.78, 5) is 26.8. The number of fused-ring (bicyclic) bond motifs is 4. The van der Waals surface area contributed by atoms with Crippen LogP contribution >= 0.6 is 11.6 Å². The molecule has 22 heteroatoms. The first-order valence-electron chi connectivity index (χ1n) is 25.9. The van der Waals surface area contributed by atoms with Crippen LogP contribution in [0.5, 0.6) is 23.0 Å². The highest BCUT2D eigenvalue weighted by Crippen LogP contribution is 2.34. The molecule has 6 aromatic heterocycles. The fraction of sp³-hybridized carbons (Fsp3) is 0.0645. The van der Waals surface area contributed by atoms with Gasteiger partial charge in [-0.05, 0) is 119 Å². The molecule has 13 aromatic rings. The number of phenolic OH excluding ortho intramolecular Hbond substituents is 2. The van der Waals surface area contributed by atoms with Crippen molar-refractivity contribution >= 4 is 72.5 Å². The number of nitrogens with two attached hydrogens (primary N) is 1. The standard InChI is InChI=1S/C23H19N5O3S.C21H19ClN4O2.C18H13FN4O/c24-32(30,31)20-7-1-15(2-8-20)13-26-22-23-27-14-21(28(23)10-9-25-22)18-4-3-17-12-19(29)6-5-16(17)11-18;1-27-18-8-5-15(11-19(18)28-2)17-13-25-21-20(23-9-10-26(17)21)24-12-14-3-6-16(22)7-4-14;19-13-3-1-2-12(10-13)16-11-21-18-17(20-8-9-23(16)18)22-14-4-6-15(24)7-5-14/h1-12,14,29H,13H2,(H,25,26)(H2,24,30,31);3-11,13H,12H2,1-2H3,(H,23,24);1-11,24H,(H,20,22). The largest absolute Gasteiger partial charge is 0.508 e. The van der Waals surface area contributed by atoms with Crippen molar-refractivity contribution in [3.8, 4) is 56.8 Å². The van der Waals surface area contributed by atoms with Crippen molar-refractivity contribution in [2.75, 3.05) is 30.2 Å². The van der Waals surface area contributed by atoms with E-state index in [-0.39, 0.29) is 22.2 Å². The van der Waals surface area contributed by atoms with Gasteiger partial charge in [0.2, 0.25) is 10.0 Å². The molecule has 0 aliphatic carbocycles. The van der Waals surface area contributed by atoms with Crippen molar-refractivity contribution in [2.45, 2.75) is 18.0 Å². The SMILES string of the molecule is COc1ccc(-c2cnc3c(NCc4ccc(Cl)cc4)nccn23)cc1OC.NS(=O)(=O)c1ccc(CNc2nccn3c(-c4ccc5cc(O)ccc5c4)cnc23)cc1.Oc1ccc(Nc2nccn3c(-c4cccc(F)c4)cnc23)cc1. The molecule has 0 aliphatic heterocycles. The number of imidazole rings is 3. The Morgan fingerprint density at radius 1 is 0.536 bits per heavy atom. The van der Waals surface area contributed by atoms with Crippen LogP contribution in [0, 0.1) is 5.82 Å². The number of methoxy groups -OCH3 is 2. The van der Waals surface area contributed by atoms with Crippen LogP contribution in [-0.4, -0.2) is 76.0 Å². The maximum Gasteiger partial charge on any atom is 0.238 e. The van der Waals surface area contributed by atoms with Crippen LogP contribution in [0.3, 0.4) is 0 Å². The van der Waals surface area contributed by atoms with E-state index in [9.17, 15) is 23.0 Å². The van der Waals surface area contributed by atoms with Gasteiger partial charge in [0.15, 0.2) is 45.9 Å². The second-order valence-corrected chi connectivity index (χ2v) is 20.9. The number of sulfonamides is 1. The molecule has 6 heterocycles. The molecule has 7 aromatic carbocycles. The number of benzene rings is 7. The fourth-order valence-electron chi connectivity index (χ4n) is 9.22. The van der Waals surface area contributed by atoms with Crippen LogP contribution in [0.15, 0.2) is 212 Å². The average molecular weight is 1160 g/mol. The maximum absolute atomic E-state index is 13.5. The molecule has 0 saturated carbocycles. The summed E-state index contributed by atoms with van der Waals surface area (Å²) < 4.78 is 52.8. The summed E-state index contributed by atoms with van der Waals surface area (Å²) in [6, 6.07) is 44.2. The van der Waals surface area contributed by atoms with Crippen molar-refractivity contribution in [3.63, 3.8) is 0 Å². The van der Waals surface area contributed by atoms with E-state index < -0.39 is 10.0 Å². The van der Waals surface area contributed by atoms with Gasteiger partial charge in [0.25, 0.3) is 0 Å². The lowest BCUT2D eigenvalue weighted by atomic mass is 10.1. The normalized spacial score (nSPS) is 11.2. The number of aromatic hydroxyl groups is 2. The van der Waals surface area contributed by atoms with E-state index in [1.165, 1.54) is 24.3 Å². The third kappa shape index (κ3) is 12.3. The number of nitrogens with zero attached hydrogens (tertiary/aromatic N) is 9. The Labute approximate surface area is 485 Å². The van der Waals surface area contributed by atoms with E-state index in [0.29, 0.717) is 53.3 Å². The topological polar surface area (TPSA) is 246 Å². The highest BCUT2D eigenvalue weighted by atomic mass is 35.5. The van der Waals surface area contributed by atoms with Gasteiger partial charge in [0, 0.05) is 77.7 Å². The first kappa shape index (κ1) is 55.3. The minimum Gasteiger partial charge on any atom is -0.508 e. The lowest BCUT2D eigenvalue weighted by Gasteiger charge is -2.10. The number of aromatic nitrogens is 9. The Kier molecular flexibility index (Phi) is 16.0. The summed E-state index contributed by atoms with van der Waals surface area (Å²) in [7, 11) is -0.469. The number of hydrogen-bond acceptors (Lipinski definition) is 15. The number of halogens is 2. The summed E-state index contributed by atoms with van der Waals surface area (Å²) in [5.41, 5.74) is 10.2. The van der Waals surface area contributed by atoms with Crippen LogP contribution in [-0.2, 0) is 23.1 Å². The van der Waals surface area contributed by atoms with E-state index in [1.807, 2.05) is 98.5 Å². The number of primary sulfonamides is 1. The zero-order valence-electron chi connectivity index (χ0n) is 44.8. The molecule has 0 aliphatic rings. The second-order valence-electron chi connectivity index (χ2n) is 18.9. The fourth-order valence-corrected chi connectivity index (χ4v) is 9.87. The maximum atomic E-state index is 13.5. The van der Waals surface area contributed by atoms with E-state index in [0.717, 1.165) is 72.0 Å². The lowest BCUT2D eigenvalue weighted by Crippen LogP contribution is -2.12. The zero-order valence-corrected chi connectivity index (χ0v) is 46.4. The van der Waals surface area contributed by atoms with Gasteiger partial charge < -0.3 is 35.6 Å². The Bertz CT molecular complexity index is 4600. The number of ether oxygens (including phenoxy) is 2. The minimum atomic E-state index is -3.71. The van der Waals surface area contributed by atoms with Crippen molar-refractivity contribution in [1.29, 1.82) is 0 Å². The zero-order chi connectivity index (χ0) is 58.3. The highest BCUT2D eigenvalue weighted by Gasteiger charge is 2.16. The van der Waals surface area contributed by atoms with Gasteiger partial charge >= 0.3 is 0 Å². The number of hydrogen-bond donors (Lipinski definition) is 6. The predicted octanol–water partition coefficient (Wildman–Crippen LogP) is 12.2. The monoisotopic (exact) mass is 1160 g/mol. The average Bonchev–Trinajstić information content (AvgIpc) is 3.12. The minimum absolute atomic E-state index is 0.0740. The van der Waals surface area contributed by atoms with Gasteiger partial charge in [-0.25, -0.2) is 47.9 Å². The summed E-state index contributed by atoms with van der Waals surface area (Å²) in [6.45, 7) is 1.07. The van der Waals surface area contributed by atoms with Crippen molar-refractivity contribution in [1.82, 2.24) is 43.1 Å². The van der Waals surface area contributed by atoms with Gasteiger partial charge in [-0.2, -0.15) is 0 Å². The van der Waals surface area contributed by atoms with Gasteiger partial charge in [-0.1, -0.05) is 66.2 Å². The molecule has 0 saturated heterocycles. The third-order valence-corrected chi connectivity index (χ3v) is 14.6. The summed E-state index contributed by atoms with van der Waals surface area (Å²) >= 11 is 5.95. The Morgan fingerprint density at radius 2 is 1.02 bits per heavy atom. The first-order chi connectivity index (χ1) is 40.8. The molecule has 84 heavy (non-hydrogen) atoms. The van der Waals surface area contributed by atoms with E-state index >= 15 is 0 Å². The molecule has 0 spiro atoms. The number of phenols is 2. The molecule has 0 bridgehead atoms. The molecule has 0 amide bonds. The van der Waals surface area contributed by atoms with E-state index in [2.05, 4.69) is 51.9 Å². The van der Waals surface area contributed by atoms with Crippen LogP contribution in [0.4, 0.5) is 27.5 Å². The highest BCUT2D eigenvalue weighted by molar-refractivity contribution is 7.89. The molecular weight excluding hydrogens is 1110 g/mol. The lowest BCUT2D eigenvalue weighted by molar-refractivity contribution is 0.355. The Balaban J connectivity index is 0.000000133. The molecular formula is C62H51ClFN13O6S. The van der Waals surface area contributed by atoms with E-state index in [4.69, 9.17) is 26.2 Å². The van der Waals surface area contributed by atoms with Crippen LogP contribution in [0.2, 0.25) is 5.02 Å². The molecule has 13 rings (SSSR count). The van der Waals surface area contributed by atoms with Gasteiger partial charge in [0.1, 0.15) is 17.3 Å². The quantitative estimate of drug-likeness (QED) is 0.0554. The molecule has 0 fully saturated rings. The van der Waals surface area contributed by atoms with Gasteiger partial charge in [0.05, 0.1) is 54.8 Å². The molecule has 0 unspecified atom stereocenters. The Hall–Kier alpha value is -10.6. The molecule has 420 valence electrons. The van der Waals surface area contributed by atoms with Crippen molar-refractivity contribution < 1.29 is 32.5 Å². The number of nitrogens with one attached hydrogen (secondary N) is 3. The molecule has 0 radical (unpaired) electrons.